The third kappa shape index (κ3) is 4.19. The number of carbonyl (C=O) groups excluding carboxylic acids is 1. The number of rotatable bonds is 5. The van der Waals surface area contributed by atoms with Crippen LogP contribution >= 0.6 is 15.9 Å². The van der Waals surface area contributed by atoms with Gasteiger partial charge in [0.15, 0.2) is 11.5 Å². The van der Waals surface area contributed by atoms with Crippen molar-refractivity contribution in [3.05, 3.63) is 51.0 Å². The summed E-state index contributed by atoms with van der Waals surface area (Å²) in [6, 6.07) is 8.02. The molecule has 0 spiro atoms. The van der Waals surface area contributed by atoms with Gasteiger partial charge in [0, 0.05) is 16.7 Å². The number of halogens is 1. The molecular weight excluding hydrogens is 396 g/mol. The molecule has 5 nitrogen and oxygen atoms in total. The van der Waals surface area contributed by atoms with Gasteiger partial charge in [-0.1, -0.05) is 33.6 Å². The largest absolute Gasteiger partial charge is 0.454 e. The number of nitrogens with zero attached hydrogens (tertiary/aromatic N) is 1. The van der Waals surface area contributed by atoms with Crippen molar-refractivity contribution >= 4 is 27.5 Å². The van der Waals surface area contributed by atoms with Crippen molar-refractivity contribution < 1.29 is 14.3 Å². The molecule has 0 aliphatic carbocycles. The summed E-state index contributed by atoms with van der Waals surface area (Å²) in [5, 5.41) is 3.04. The number of anilines is 1. The Kier molecular flexibility index (Phi) is 5.53. The van der Waals surface area contributed by atoms with Gasteiger partial charge in [0.25, 0.3) is 0 Å². The number of amides is 1. The van der Waals surface area contributed by atoms with Crippen LogP contribution in [-0.4, -0.2) is 31.2 Å². The van der Waals surface area contributed by atoms with Crippen LogP contribution in [0, 0.1) is 20.8 Å². The summed E-state index contributed by atoms with van der Waals surface area (Å²) in [6.45, 7) is 7.26. The van der Waals surface area contributed by atoms with Crippen molar-refractivity contribution in [1.29, 1.82) is 0 Å². The van der Waals surface area contributed by atoms with E-state index in [4.69, 9.17) is 9.47 Å². The van der Waals surface area contributed by atoms with Crippen LogP contribution in [0.25, 0.3) is 0 Å². The summed E-state index contributed by atoms with van der Waals surface area (Å²) in [5.74, 6) is 1.46. The van der Waals surface area contributed by atoms with Gasteiger partial charge in [-0.15, -0.1) is 0 Å². The summed E-state index contributed by atoms with van der Waals surface area (Å²) >= 11 is 3.56. The Balaban J connectivity index is 1.63. The number of aryl methyl sites for hydroxylation is 3. The third-order valence-electron chi connectivity index (χ3n) is 4.34. The molecule has 0 radical (unpaired) electrons. The number of likely N-dealkylation sites (N-methyl/N-ethyl adjacent to an activating group) is 1. The molecule has 26 heavy (non-hydrogen) atoms. The highest BCUT2D eigenvalue weighted by Crippen LogP contribution is 2.37. The molecule has 1 heterocycles. The minimum Gasteiger partial charge on any atom is -0.454 e. The Morgan fingerprint density at radius 2 is 1.73 bits per heavy atom. The zero-order valence-electron chi connectivity index (χ0n) is 15.5. The Bertz CT molecular complexity index is 828. The fourth-order valence-electron chi connectivity index (χ4n) is 3.23. The summed E-state index contributed by atoms with van der Waals surface area (Å²) in [7, 11) is 1.92. The first-order valence-electron chi connectivity index (χ1n) is 8.47. The lowest BCUT2D eigenvalue weighted by atomic mass is 10.1. The van der Waals surface area contributed by atoms with Gasteiger partial charge in [-0.05, 0) is 56.6 Å². The van der Waals surface area contributed by atoms with Gasteiger partial charge in [0.1, 0.15) is 0 Å². The Morgan fingerprint density at radius 1 is 1.12 bits per heavy atom. The van der Waals surface area contributed by atoms with Crippen LogP contribution in [0.15, 0.2) is 28.7 Å². The summed E-state index contributed by atoms with van der Waals surface area (Å²) in [5.41, 5.74) is 5.31. The third-order valence-corrected chi connectivity index (χ3v) is 5.08. The van der Waals surface area contributed by atoms with Crippen LogP contribution in [0.5, 0.6) is 11.5 Å². The lowest BCUT2D eigenvalue weighted by molar-refractivity contribution is -0.117. The molecule has 1 amide bonds. The quantitative estimate of drug-likeness (QED) is 0.791. The number of ether oxygens (including phenoxy) is 2. The second-order valence-electron chi connectivity index (χ2n) is 6.79. The number of fused-ring (bicyclic) bond motifs is 1. The predicted octanol–water partition coefficient (Wildman–Crippen LogP) is 4.17. The van der Waals surface area contributed by atoms with E-state index in [0.717, 1.165) is 38.3 Å². The highest BCUT2D eigenvalue weighted by molar-refractivity contribution is 9.10. The molecule has 0 saturated heterocycles. The molecule has 0 saturated carbocycles. The van der Waals surface area contributed by atoms with Crippen molar-refractivity contribution in [3.8, 4) is 11.5 Å². The molecule has 1 aliphatic heterocycles. The summed E-state index contributed by atoms with van der Waals surface area (Å²) in [4.78, 5) is 14.4. The minimum atomic E-state index is -0.0283. The molecule has 0 atom stereocenters. The standard InChI is InChI=1S/C20H23BrN2O3/c1-12-5-13(2)20(14(3)6-12)22-19(24)10-23(4)9-15-7-17-18(8-16(15)21)26-11-25-17/h5-8H,9-11H2,1-4H3,(H,22,24). The van der Waals surface area contributed by atoms with Crippen molar-refractivity contribution in [1.82, 2.24) is 4.90 Å². The van der Waals surface area contributed by atoms with Crippen molar-refractivity contribution in [2.24, 2.45) is 0 Å². The van der Waals surface area contributed by atoms with E-state index in [1.807, 2.05) is 37.9 Å². The van der Waals surface area contributed by atoms with Gasteiger partial charge in [-0.2, -0.15) is 0 Å². The Hall–Kier alpha value is -2.05. The highest BCUT2D eigenvalue weighted by atomic mass is 79.9. The maximum Gasteiger partial charge on any atom is 0.238 e. The molecule has 6 heteroatoms. The SMILES string of the molecule is Cc1cc(C)c(NC(=O)CN(C)Cc2cc3c(cc2Br)OCO3)c(C)c1. The van der Waals surface area contributed by atoms with E-state index in [0.29, 0.717) is 13.1 Å². The first-order chi connectivity index (χ1) is 12.3. The summed E-state index contributed by atoms with van der Waals surface area (Å²) < 4.78 is 11.7. The molecule has 0 bridgehead atoms. The van der Waals surface area contributed by atoms with Crippen LogP contribution in [0.1, 0.15) is 22.3 Å². The van der Waals surface area contributed by atoms with Crippen molar-refractivity contribution in [3.63, 3.8) is 0 Å². The maximum absolute atomic E-state index is 12.5. The first-order valence-corrected chi connectivity index (χ1v) is 9.27. The highest BCUT2D eigenvalue weighted by Gasteiger charge is 2.18. The topological polar surface area (TPSA) is 50.8 Å². The summed E-state index contributed by atoms with van der Waals surface area (Å²) in [6.07, 6.45) is 0. The number of hydrogen-bond acceptors (Lipinski definition) is 4. The van der Waals surface area contributed by atoms with Crippen LogP contribution in [0.2, 0.25) is 0 Å². The molecule has 2 aromatic carbocycles. The fourth-order valence-corrected chi connectivity index (χ4v) is 3.68. The van der Waals surface area contributed by atoms with E-state index in [9.17, 15) is 4.79 Å². The second-order valence-corrected chi connectivity index (χ2v) is 7.65. The molecular formula is C20H23BrN2O3. The molecule has 2 aromatic rings. The van der Waals surface area contributed by atoms with Crippen LogP contribution in [0.3, 0.4) is 0 Å². The van der Waals surface area contributed by atoms with E-state index in [2.05, 4.69) is 40.3 Å². The molecule has 1 aliphatic rings. The first kappa shape index (κ1) is 18.7. The second kappa shape index (κ2) is 7.68. The van der Waals surface area contributed by atoms with Gasteiger partial charge in [0.2, 0.25) is 12.7 Å². The Labute approximate surface area is 162 Å². The number of carbonyl (C=O) groups is 1. The van der Waals surface area contributed by atoms with Crippen LogP contribution in [0.4, 0.5) is 5.69 Å². The molecule has 0 unspecified atom stereocenters. The number of benzene rings is 2. The monoisotopic (exact) mass is 418 g/mol. The predicted molar refractivity (Wildman–Crippen MR) is 106 cm³/mol. The normalized spacial score (nSPS) is 12.5. The number of hydrogen-bond donors (Lipinski definition) is 1. The zero-order chi connectivity index (χ0) is 18.8. The van der Waals surface area contributed by atoms with Gasteiger partial charge in [-0.25, -0.2) is 0 Å². The smallest absolute Gasteiger partial charge is 0.238 e. The van der Waals surface area contributed by atoms with E-state index in [1.54, 1.807) is 0 Å². The average molecular weight is 419 g/mol. The van der Waals surface area contributed by atoms with E-state index in [1.165, 1.54) is 5.56 Å². The number of nitrogens with one attached hydrogen (secondary N) is 1. The Morgan fingerprint density at radius 3 is 2.38 bits per heavy atom. The van der Waals surface area contributed by atoms with Gasteiger partial charge < -0.3 is 14.8 Å². The van der Waals surface area contributed by atoms with Crippen molar-refractivity contribution in [2.45, 2.75) is 27.3 Å². The average Bonchev–Trinajstić information content (AvgIpc) is 2.98. The van der Waals surface area contributed by atoms with Gasteiger partial charge >= 0.3 is 0 Å². The molecule has 3 rings (SSSR count). The lowest BCUT2D eigenvalue weighted by Gasteiger charge is -2.19. The van der Waals surface area contributed by atoms with Gasteiger partial charge in [0.05, 0.1) is 6.54 Å². The van der Waals surface area contributed by atoms with Crippen LogP contribution in [-0.2, 0) is 11.3 Å². The van der Waals surface area contributed by atoms with Crippen LogP contribution < -0.4 is 14.8 Å². The lowest BCUT2D eigenvalue weighted by Crippen LogP contribution is -2.30. The molecule has 1 N–H and O–H groups in total. The van der Waals surface area contributed by atoms with Gasteiger partial charge in [-0.3, -0.25) is 9.69 Å². The maximum atomic E-state index is 12.5. The molecule has 0 aromatic heterocycles. The fraction of sp³-hybridized carbons (Fsp3) is 0.350. The van der Waals surface area contributed by atoms with Crippen molar-refractivity contribution in [2.75, 3.05) is 25.7 Å². The molecule has 0 fully saturated rings. The molecule has 138 valence electrons. The zero-order valence-corrected chi connectivity index (χ0v) is 17.1. The van der Waals surface area contributed by atoms with E-state index >= 15 is 0 Å². The minimum absolute atomic E-state index is 0.0283. The van der Waals surface area contributed by atoms with E-state index in [-0.39, 0.29) is 12.7 Å². The van der Waals surface area contributed by atoms with E-state index < -0.39 is 0 Å².